The SMILES string of the molecule is CCNC(=O)[C@H](C)Sc1nnc(-c2ccc(OCC)cc2)o1. The molecule has 0 spiro atoms. The van der Waals surface area contributed by atoms with Crippen LogP contribution in [0.3, 0.4) is 0 Å². The van der Waals surface area contributed by atoms with E-state index in [9.17, 15) is 4.79 Å². The van der Waals surface area contributed by atoms with Gasteiger partial charge in [0.2, 0.25) is 11.8 Å². The quantitative estimate of drug-likeness (QED) is 0.790. The Bertz CT molecular complexity index is 613. The molecule has 1 aromatic heterocycles. The number of rotatable bonds is 7. The summed E-state index contributed by atoms with van der Waals surface area (Å²) in [4.78, 5) is 11.7. The van der Waals surface area contributed by atoms with Crippen molar-refractivity contribution in [2.75, 3.05) is 13.2 Å². The van der Waals surface area contributed by atoms with E-state index in [0.29, 0.717) is 24.3 Å². The van der Waals surface area contributed by atoms with Crippen molar-refractivity contribution >= 4 is 17.7 Å². The highest BCUT2D eigenvalue weighted by atomic mass is 32.2. The van der Waals surface area contributed by atoms with Crippen LogP contribution in [-0.4, -0.2) is 34.5 Å². The first-order valence-electron chi connectivity index (χ1n) is 7.15. The summed E-state index contributed by atoms with van der Waals surface area (Å²) < 4.78 is 11.0. The zero-order valence-electron chi connectivity index (χ0n) is 12.8. The molecule has 1 atom stereocenters. The molecule has 7 heteroatoms. The van der Waals surface area contributed by atoms with Gasteiger partial charge in [0, 0.05) is 12.1 Å². The molecule has 1 heterocycles. The molecule has 0 aliphatic carbocycles. The van der Waals surface area contributed by atoms with Gasteiger partial charge in [-0.25, -0.2) is 0 Å². The van der Waals surface area contributed by atoms with Crippen molar-refractivity contribution in [1.29, 1.82) is 0 Å². The van der Waals surface area contributed by atoms with Gasteiger partial charge in [0.05, 0.1) is 11.9 Å². The topological polar surface area (TPSA) is 77.2 Å². The van der Waals surface area contributed by atoms with Crippen molar-refractivity contribution in [3.63, 3.8) is 0 Å². The van der Waals surface area contributed by atoms with Gasteiger partial charge in [0.25, 0.3) is 5.22 Å². The largest absolute Gasteiger partial charge is 0.494 e. The number of nitrogens with zero attached hydrogens (tertiary/aromatic N) is 2. The van der Waals surface area contributed by atoms with Gasteiger partial charge in [-0.3, -0.25) is 4.79 Å². The van der Waals surface area contributed by atoms with Crippen LogP contribution in [0.2, 0.25) is 0 Å². The lowest BCUT2D eigenvalue weighted by Gasteiger charge is -2.07. The predicted molar refractivity (Wildman–Crippen MR) is 84.9 cm³/mol. The number of thioether (sulfide) groups is 1. The molecule has 1 amide bonds. The maximum Gasteiger partial charge on any atom is 0.277 e. The normalized spacial score (nSPS) is 12.0. The summed E-state index contributed by atoms with van der Waals surface area (Å²) in [6.07, 6.45) is 0. The zero-order valence-corrected chi connectivity index (χ0v) is 13.6. The Morgan fingerprint density at radius 2 is 2.05 bits per heavy atom. The maximum absolute atomic E-state index is 11.7. The van der Waals surface area contributed by atoms with Crippen molar-refractivity contribution in [1.82, 2.24) is 15.5 Å². The summed E-state index contributed by atoms with van der Waals surface area (Å²) in [5.74, 6) is 1.17. The molecule has 2 rings (SSSR count). The lowest BCUT2D eigenvalue weighted by atomic mass is 10.2. The highest BCUT2D eigenvalue weighted by Crippen LogP contribution is 2.27. The summed E-state index contributed by atoms with van der Waals surface area (Å²) >= 11 is 1.24. The zero-order chi connectivity index (χ0) is 15.9. The first kappa shape index (κ1) is 16.4. The number of amides is 1. The summed E-state index contributed by atoms with van der Waals surface area (Å²) in [7, 11) is 0. The van der Waals surface area contributed by atoms with Gasteiger partial charge in [-0.1, -0.05) is 11.8 Å². The third-order valence-corrected chi connectivity index (χ3v) is 3.75. The fourth-order valence-electron chi connectivity index (χ4n) is 1.76. The van der Waals surface area contributed by atoms with Crippen LogP contribution in [0.5, 0.6) is 5.75 Å². The van der Waals surface area contributed by atoms with Gasteiger partial charge in [-0.2, -0.15) is 0 Å². The molecule has 0 aliphatic heterocycles. The van der Waals surface area contributed by atoms with Gasteiger partial charge in [0.15, 0.2) is 0 Å². The molecule has 0 bridgehead atoms. The van der Waals surface area contributed by atoms with E-state index >= 15 is 0 Å². The molecule has 1 N–H and O–H groups in total. The average molecular weight is 321 g/mol. The van der Waals surface area contributed by atoms with Gasteiger partial charge >= 0.3 is 0 Å². The fourth-order valence-corrected chi connectivity index (χ4v) is 2.46. The Hall–Kier alpha value is -2.02. The van der Waals surface area contributed by atoms with Crippen LogP contribution in [0.4, 0.5) is 0 Å². The van der Waals surface area contributed by atoms with E-state index in [0.717, 1.165) is 11.3 Å². The van der Waals surface area contributed by atoms with E-state index in [1.165, 1.54) is 11.8 Å². The minimum atomic E-state index is -0.284. The third kappa shape index (κ3) is 4.24. The number of carbonyl (C=O) groups is 1. The fraction of sp³-hybridized carbons (Fsp3) is 0.400. The molecule has 118 valence electrons. The van der Waals surface area contributed by atoms with E-state index in [1.54, 1.807) is 6.92 Å². The third-order valence-electron chi connectivity index (χ3n) is 2.82. The van der Waals surface area contributed by atoms with Crippen LogP contribution in [0.1, 0.15) is 20.8 Å². The summed E-state index contributed by atoms with van der Waals surface area (Å²) in [6, 6.07) is 7.43. The smallest absolute Gasteiger partial charge is 0.277 e. The number of aromatic nitrogens is 2. The van der Waals surface area contributed by atoms with E-state index in [2.05, 4.69) is 15.5 Å². The Balaban J connectivity index is 2.03. The van der Waals surface area contributed by atoms with Crippen LogP contribution < -0.4 is 10.1 Å². The average Bonchev–Trinajstić information content (AvgIpc) is 2.97. The van der Waals surface area contributed by atoms with Gasteiger partial charge in [0.1, 0.15) is 5.75 Å². The van der Waals surface area contributed by atoms with Crippen LogP contribution in [0.15, 0.2) is 33.9 Å². The van der Waals surface area contributed by atoms with Crippen molar-refractivity contribution in [2.45, 2.75) is 31.2 Å². The molecule has 0 fully saturated rings. The molecule has 0 saturated heterocycles. The Labute approximate surface area is 133 Å². The summed E-state index contributed by atoms with van der Waals surface area (Å²) in [6.45, 7) is 6.84. The second kappa shape index (κ2) is 7.84. The second-order valence-corrected chi connectivity index (χ2v) is 5.78. The molecule has 22 heavy (non-hydrogen) atoms. The lowest BCUT2D eigenvalue weighted by molar-refractivity contribution is -0.120. The van der Waals surface area contributed by atoms with Gasteiger partial charge < -0.3 is 14.5 Å². The molecule has 6 nitrogen and oxygen atoms in total. The first-order valence-corrected chi connectivity index (χ1v) is 8.03. The monoisotopic (exact) mass is 321 g/mol. The van der Waals surface area contributed by atoms with Crippen LogP contribution >= 0.6 is 11.8 Å². The van der Waals surface area contributed by atoms with E-state index in [4.69, 9.17) is 9.15 Å². The molecule has 0 aliphatic rings. The van der Waals surface area contributed by atoms with Gasteiger partial charge in [-0.05, 0) is 45.0 Å². The predicted octanol–water partition coefficient (Wildman–Crippen LogP) is 2.75. The van der Waals surface area contributed by atoms with Crippen molar-refractivity contribution in [3.8, 4) is 17.2 Å². The van der Waals surface area contributed by atoms with Gasteiger partial charge in [-0.15, -0.1) is 10.2 Å². The number of carbonyl (C=O) groups excluding carboxylic acids is 1. The maximum atomic E-state index is 11.7. The Morgan fingerprint density at radius 3 is 2.68 bits per heavy atom. The minimum absolute atomic E-state index is 0.0479. The van der Waals surface area contributed by atoms with Crippen LogP contribution in [0, 0.1) is 0 Å². The Morgan fingerprint density at radius 1 is 1.32 bits per heavy atom. The standard InChI is InChI=1S/C15H19N3O3S/c1-4-16-13(19)10(3)22-15-18-17-14(21-15)11-6-8-12(9-7-11)20-5-2/h6-10H,4-5H2,1-3H3,(H,16,19)/t10-/m0/s1. The Kier molecular flexibility index (Phi) is 5.83. The molecular formula is C15H19N3O3S. The lowest BCUT2D eigenvalue weighted by Crippen LogP contribution is -2.30. The van der Waals surface area contributed by atoms with E-state index < -0.39 is 0 Å². The number of nitrogens with one attached hydrogen (secondary N) is 1. The van der Waals surface area contributed by atoms with Crippen LogP contribution in [0.25, 0.3) is 11.5 Å². The molecule has 1 aromatic carbocycles. The van der Waals surface area contributed by atoms with Crippen LogP contribution in [-0.2, 0) is 4.79 Å². The summed E-state index contributed by atoms with van der Waals surface area (Å²) in [5.41, 5.74) is 0.813. The summed E-state index contributed by atoms with van der Waals surface area (Å²) in [5, 5.41) is 10.8. The highest BCUT2D eigenvalue weighted by molar-refractivity contribution is 8.00. The van der Waals surface area contributed by atoms with Crippen molar-refractivity contribution in [3.05, 3.63) is 24.3 Å². The highest BCUT2D eigenvalue weighted by Gasteiger charge is 2.18. The molecule has 2 aromatic rings. The minimum Gasteiger partial charge on any atom is -0.494 e. The molecule has 0 radical (unpaired) electrons. The van der Waals surface area contributed by atoms with Crippen molar-refractivity contribution < 1.29 is 13.9 Å². The molecule has 0 unspecified atom stereocenters. The number of ether oxygens (including phenoxy) is 1. The van der Waals surface area contributed by atoms with Crippen molar-refractivity contribution in [2.24, 2.45) is 0 Å². The second-order valence-electron chi connectivity index (χ2n) is 4.49. The number of benzene rings is 1. The van der Waals surface area contributed by atoms with E-state index in [-0.39, 0.29) is 11.2 Å². The number of hydrogen-bond donors (Lipinski definition) is 1. The molecule has 0 saturated carbocycles. The number of hydrogen-bond acceptors (Lipinski definition) is 6. The first-order chi connectivity index (χ1) is 10.6. The molecular weight excluding hydrogens is 302 g/mol. The van der Waals surface area contributed by atoms with E-state index in [1.807, 2.05) is 38.1 Å².